The van der Waals surface area contributed by atoms with Crippen molar-refractivity contribution in [3.8, 4) is 5.69 Å². The highest BCUT2D eigenvalue weighted by Crippen LogP contribution is 2.13. The van der Waals surface area contributed by atoms with Gasteiger partial charge in [-0.2, -0.15) is 5.10 Å². The van der Waals surface area contributed by atoms with E-state index in [-0.39, 0.29) is 11.9 Å². The minimum absolute atomic E-state index is 0.0915. The molecule has 2 rings (SSSR count). The molecule has 0 aliphatic carbocycles. The number of amides is 1. The van der Waals surface area contributed by atoms with Crippen LogP contribution in [0.1, 0.15) is 37.0 Å². The molecule has 20 heavy (non-hydrogen) atoms. The van der Waals surface area contributed by atoms with Gasteiger partial charge in [-0.05, 0) is 37.6 Å². The molecule has 1 heterocycles. The van der Waals surface area contributed by atoms with Crippen LogP contribution in [0.5, 0.6) is 0 Å². The molecule has 0 fully saturated rings. The summed E-state index contributed by atoms with van der Waals surface area (Å²) >= 11 is 5.85. The number of hydrogen-bond donors (Lipinski definition) is 1. The lowest BCUT2D eigenvalue weighted by atomic mass is 10.2. The van der Waals surface area contributed by atoms with E-state index in [1.807, 2.05) is 19.1 Å². The molecule has 0 unspecified atom stereocenters. The maximum atomic E-state index is 12.0. The van der Waals surface area contributed by atoms with E-state index in [1.54, 1.807) is 29.2 Å². The van der Waals surface area contributed by atoms with Gasteiger partial charge in [-0.15, -0.1) is 0 Å². The maximum absolute atomic E-state index is 12.0. The largest absolute Gasteiger partial charge is 0.349 e. The lowest BCUT2D eigenvalue weighted by molar-refractivity contribution is 0.0938. The van der Waals surface area contributed by atoms with Crippen LogP contribution in [-0.4, -0.2) is 21.7 Å². The Morgan fingerprint density at radius 2 is 2.10 bits per heavy atom. The Morgan fingerprint density at radius 3 is 2.75 bits per heavy atom. The average molecular weight is 292 g/mol. The summed E-state index contributed by atoms with van der Waals surface area (Å²) in [6, 6.07) is 7.47. The van der Waals surface area contributed by atoms with Crippen LogP contribution in [-0.2, 0) is 0 Å². The minimum Gasteiger partial charge on any atom is -0.349 e. The first-order valence-electron chi connectivity index (χ1n) is 6.71. The highest BCUT2D eigenvalue weighted by molar-refractivity contribution is 6.30. The Hall–Kier alpha value is -1.81. The van der Waals surface area contributed by atoms with Gasteiger partial charge in [0.2, 0.25) is 0 Å². The number of rotatable bonds is 5. The molecule has 1 atom stereocenters. The van der Waals surface area contributed by atoms with Gasteiger partial charge in [0, 0.05) is 17.3 Å². The van der Waals surface area contributed by atoms with Gasteiger partial charge in [-0.1, -0.05) is 24.9 Å². The summed E-state index contributed by atoms with van der Waals surface area (Å²) in [4.78, 5) is 12.0. The van der Waals surface area contributed by atoms with Crippen molar-refractivity contribution in [3.05, 3.63) is 47.2 Å². The van der Waals surface area contributed by atoms with E-state index in [0.717, 1.165) is 18.5 Å². The summed E-state index contributed by atoms with van der Waals surface area (Å²) < 4.78 is 1.66. The van der Waals surface area contributed by atoms with Gasteiger partial charge in [0.1, 0.15) is 0 Å². The van der Waals surface area contributed by atoms with Crippen LogP contribution in [0.3, 0.4) is 0 Å². The van der Waals surface area contributed by atoms with E-state index in [1.165, 1.54) is 0 Å². The molecule has 106 valence electrons. The second-order valence-electron chi connectivity index (χ2n) is 4.81. The molecule has 0 aliphatic heterocycles. The maximum Gasteiger partial charge on any atom is 0.254 e. The van der Waals surface area contributed by atoms with Gasteiger partial charge < -0.3 is 5.32 Å². The number of carbonyl (C=O) groups excluding carboxylic acids is 1. The van der Waals surface area contributed by atoms with Crippen molar-refractivity contribution in [2.75, 3.05) is 0 Å². The number of hydrogen-bond acceptors (Lipinski definition) is 2. The highest BCUT2D eigenvalue weighted by Gasteiger charge is 2.11. The fourth-order valence-corrected chi connectivity index (χ4v) is 2.11. The van der Waals surface area contributed by atoms with Crippen molar-refractivity contribution in [1.82, 2.24) is 15.1 Å². The fourth-order valence-electron chi connectivity index (χ4n) is 1.99. The Kier molecular flexibility index (Phi) is 4.79. The summed E-state index contributed by atoms with van der Waals surface area (Å²) in [6.45, 7) is 4.10. The third-order valence-electron chi connectivity index (χ3n) is 3.04. The Balaban J connectivity index is 2.08. The van der Waals surface area contributed by atoms with Crippen LogP contribution in [0, 0.1) is 0 Å². The van der Waals surface area contributed by atoms with Crippen molar-refractivity contribution in [2.24, 2.45) is 0 Å². The first kappa shape index (κ1) is 14.6. The molecule has 0 aliphatic rings. The molecule has 0 bridgehead atoms. The number of nitrogens with zero attached hydrogens (tertiary/aromatic N) is 2. The summed E-state index contributed by atoms with van der Waals surface area (Å²) in [7, 11) is 0. The van der Waals surface area contributed by atoms with Gasteiger partial charge in [-0.3, -0.25) is 4.79 Å². The summed E-state index contributed by atoms with van der Waals surface area (Å²) in [5.74, 6) is -0.0915. The topological polar surface area (TPSA) is 46.9 Å². The van der Waals surface area contributed by atoms with Gasteiger partial charge in [0.15, 0.2) is 0 Å². The van der Waals surface area contributed by atoms with E-state index in [4.69, 9.17) is 11.6 Å². The summed E-state index contributed by atoms with van der Waals surface area (Å²) in [5, 5.41) is 7.83. The number of aromatic nitrogens is 2. The zero-order valence-electron chi connectivity index (χ0n) is 11.6. The van der Waals surface area contributed by atoms with E-state index >= 15 is 0 Å². The van der Waals surface area contributed by atoms with Crippen LogP contribution < -0.4 is 5.32 Å². The number of carbonyl (C=O) groups is 1. The standard InChI is InChI=1S/C15H18ClN3O/c1-3-4-11(2)18-15(20)12-9-17-19(10-12)14-7-5-13(16)6-8-14/h5-11H,3-4H2,1-2H3,(H,18,20)/t11-/m0/s1. The lowest BCUT2D eigenvalue weighted by Gasteiger charge is -2.11. The van der Waals surface area contributed by atoms with E-state index in [2.05, 4.69) is 17.3 Å². The number of nitrogens with one attached hydrogen (secondary N) is 1. The monoisotopic (exact) mass is 291 g/mol. The minimum atomic E-state index is -0.0915. The SMILES string of the molecule is CCC[C@H](C)NC(=O)c1cnn(-c2ccc(Cl)cc2)c1. The highest BCUT2D eigenvalue weighted by atomic mass is 35.5. The molecular weight excluding hydrogens is 274 g/mol. The van der Waals surface area contributed by atoms with Gasteiger partial charge >= 0.3 is 0 Å². The Labute approximate surface area is 123 Å². The van der Waals surface area contributed by atoms with Crippen molar-refractivity contribution in [2.45, 2.75) is 32.7 Å². The molecule has 1 amide bonds. The molecule has 0 radical (unpaired) electrons. The lowest BCUT2D eigenvalue weighted by Crippen LogP contribution is -2.32. The zero-order valence-corrected chi connectivity index (χ0v) is 12.4. The predicted octanol–water partition coefficient (Wildman–Crippen LogP) is 3.44. The third-order valence-corrected chi connectivity index (χ3v) is 3.29. The number of halogens is 1. The fraction of sp³-hybridized carbons (Fsp3) is 0.333. The third kappa shape index (κ3) is 3.61. The van der Waals surface area contributed by atoms with Gasteiger partial charge in [0.25, 0.3) is 5.91 Å². The van der Waals surface area contributed by atoms with Crippen molar-refractivity contribution < 1.29 is 4.79 Å². The first-order chi connectivity index (χ1) is 9.60. The Morgan fingerprint density at radius 1 is 1.40 bits per heavy atom. The van der Waals surface area contributed by atoms with Gasteiger partial charge in [-0.25, -0.2) is 4.68 Å². The van der Waals surface area contributed by atoms with E-state index in [9.17, 15) is 4.79 Å². The van der Waals surface area contributed by atoms with Crippen LogP contribution >= 0.6 is 11.6 Å². The number of benzene rings is 1. The molecule has 1 aromatic heterocycles. The van der Waals surface area contributed by atoms with Crippen molar-refractivity contribution >= 4 is 17.5 Å². The van der Waals surface area contributed by atoms with Gasteiger partial charge in [0.05, 0.1) is 17.4 Å². The van der Waals surface area contributed by atoms with E-state index < -0.39 is 0 Å². The van der Waals surface area contributed by atoms with Crippen LogP contribution in [0.15, 0.2) is 36.7 Å². The second kappa shape index (κ2) is 6.57. The summed E-state index contributed by atoms with van der Waals surface area (Å²) in [5.41, 5.74) is 1.43. The van der Waals surface area contributed by atoms with Crippen LogP contribution in [0.2, 0.25) is 5.02 Å². The second-order valence-corrected chi connectivity index (χ2v) is 5.25. The molecular formula is C15H18ClN3O. The molecule has 5 heteroatoms. The Bertz CT molecular complexity index is 577. The molecule has 0 spiro atoms. The average Bonchev–Trinajstić information content (AvgIpc) is 2.89. The zero-order chi connectivity index (χ0) is 14.5. The quantitative estimate of drug-likeness (QED) is 0.917. The van der Waals surface area contributed by atoms with Crippen LogP contribution in [0.25, 0.3) is 5.69 Å². The molecule has 2 aromatic rings. The molecule has 1 N–H and O–H groups in total. The smallest absolute Gasteiger partial charge is 0.254 e. The first-order valence-corrected chi connectivity index (χ1v) is 7.09. The summed E-state index contributed by atoms with van der Waals surface area (Å²) in [6.07, 6.45) is 5.31. The predicted molar refractivity (Wildman–Crippen MR) is 80.4 cm³/mol. The molecule has 4 nitrogen and oxygen atoms in total. The van der Waals surface area contributed by atoms with E-state index in [0.29, 0.717) is 10.6 Å². The molecule has 1 aromatic carbocycles. The molecule has 0 saturated carbocycles. The van der Waals surface area contributed by atoms with Crippen LogP contribution in [0.4, 0.5) is 0 Å². The van der Waals surface area contributed by atoms with Crippen molar-refractivity contribution in [1.29, 1.82) is 0 Å². The molecule has 0 saturated heterocycles. The normalized spacial score (nSPS) is 12.2. The van der Waals surface area contributed by atoms with Crippen molar-refractivity contribution in [3.63, 3.8) is 0 Å².